The van der Waals surface area contributed by atoms with Crippen LogP contribution in [-0.2, 0) is 5.41 Å². The molecule has 2 aromatic heterocycles. The second-order valence-corrected chi connectivity index (χ2v) is 9.56. The number of hydrogen-bond acceptors (Lipinski definition) is 7. The summed E-state index contributed by atoms with van der Waals surface area (Å²) >= 11 is 0. The lowest BCUT2D eigenvalue weighted by Gasteiger charge is -2.24. The fourth-order valence-corrected chi connectivity index (χ4v) is 3.88. The predicted octanol–water partition coefficient (Wildman–Crippen LogP) is 6.63. The van der Waals surface area contributed by atoms with Crippen molar-refractivity contribution in [3.63, 3.8) is 0 Å². The SMILES string of the molecule is CCC(C)(C)c1ccc(OC)c(NC(=O)c2ccc(C)c(Oc3ncccc3-c3ccnc(NC)n3)c2)c1. The van der Waals surface area contributed by atoms with Gasteiger partial charge in [0.05, 0.1) is 24.1 Å². The van der Waals surface area contributed by atoms with Gasteiger partial charge in [0.1, 0.15) is 11.5 Å². The number of carbonyl (C=O) groups excluding carboxylic acids is 1. The van der Waals surface area contributed by atoms with Gasteiger partial charge in [-0.1, -0.05) is 32.9 Å². The lowest BCUT2D eigenvalue weighted by atomic mass is 9.82. The quantitative estimate of drug-likeness (QED) is 0.260. The molecule has 196 valence electrons. The van der Waals surface area contributed by atoms with Crippen molar-refractivity contribution in [1.29, 1.82) is 0 Å². The highest BCUT2D eigenvalue weighted by atomic mass is 16.5. The fourth-order valence-electron chi connectivity index (χ4n) is 3.88. The number of rotatable bonds is 9. The topological polar surface area (TPSA) is 98.3 Å². The molecule has 0 spiro atoms. The minimum absolute atomic E-state index is 0.0331. The van der Waals surface area contributed by atoms with Gasteiger partial charge in [0.25, 0.3) is 5.91 Å². The number of carbonyl (C=O) groups is 1. The Morgan fingerprint density at radius 1 is 1.00 bits per heavy atom. The van der Waals surface area contributed by atoms with Gasteiger partial charge in [0, 0.05) is 25.0 Å². The fraction of sp³-hybridized carbons (Fsp3) is 0.267. The molecular weight excluding hydrogens is 478 g/mol. The van der Waals surface area contributed by atoms with Gasteiger partial charge >= 0.3 is 0 Å². The third-order valence-electron chi connectivity index (χ3n) is 6.70. The first-order valence-corrected chi connectivity index (χ1v) is 12.5. The summed E-state index contributed by atoms with van der Waals surface area (Å²) in [5.41, 5.74) is 4.40. The second-order valence-electron chi connectivity index (χ2n) is 9.56. The zero-order valence-corrected chi connectivity index (χ0v) is 22.6. The highest BCUT2D eigenvalue weighted by Crippen LogP contribution is 2.35. The Hall–Kier alpha value is -4.46. The molecule has 38 heavy (non-hydrogen) atoms. The van der Waals surface area contributed by atoms with E-state index in [2.05, 4.69) is 46.4 Å². The predicted molar refractivity (Wildman–Crippen MR) is 150 cm³/mol. The maximum Gasteiger partial charge on any atom is 0.255 e. The van der Waals surface area contributed by atoms with Crippen molar-refractivity contribution in [2.75, 3.05) is 24.8 Å². The third kappa shape index (κ3) is 5.75. The van der Waals surface area contributed by atoms with Crippen molar-refractivity contribution in [1.82, 2.24) is 15.0 Å². The van der Waals surface area contributed by atoms with Gasteiger partial charge in [-0.05, 0) is 72.4 Å². The monoisotopic (exact) mass is 511 g/mol. The molecule has 0 aliphatic rings. The molecule has 0 fully saturated rings. The summed E-state index contributed by atoms with van der Waals surface area (Å²) in [4.78, 5) is 26.4. The van der Waals surface area contributed by atoms with Crippen LogP contribution in [0.25, 0.3) is 11.3 Å². The zero-order chi connectivity index (χ0) is 27.3. The summed E-state index contributed by atoms with van der Waals surface area (Å²) < 4.78 is 11.8. The standard InChI is InChI=1S/C30H33N5O3/c1-7-30(3,4)21-12-13-25(37-6)24(18-21)34-27(36)20-11-10-19(2)26(17-20)38-28-22(9-8-15-32-28)23-14-16-33-29(31-5)35-23/h8-18H,7H2,1-6H3,(H,34,36)(H,31,33,35). The number of aromatic nitrogens is 3. The highest BCUT2D eigenvalue weighted by Gasteiger charge is 2.21. The minimum Gasteiger partial charge on any atom is -0.495 e. The first-order chi connectivity index (χ1) is 18.2. The number of amides is 1. The summed E-state index contributed by atoms with van der Waals surface area (Å²) in [5.74, 6) is 1.73. The van der Waals surface area contributed by atoms with Crippen molar-refractivity contribution in [2.45, 2.75) is 39.5 Å². The first-order valence-electron chi connectivity index (χ1n) is 12.5. The molecule has 0 radical (unpaired) electrons. The van der Waals surface area contributed by atoms with E-state index < -0.39 is 0 Å². The molecule has 0 atom stereocenters. The number of benzene rings is 2. The van der Waals surface area contributed by atoms with E-state index in [1.54, 1.807) is 44.8 Å². The molecule has 0 unspecified atom stereocenters. The summed E-state index contributed by atoms with van der Waals surface area (Å²) in [6.45, 7) is 8.42. The van der Waals surface area contributed by atoms with Crippen molar-refractivity contribution >= 4 is 17.5 Å². The Morgan fingerprint density at radius 2 is 1.82 bits per heavy atom. The number of aryl methyl sites for hydroxylation is 1. The number of anilines is 2. The van der Waals surface area contributed by atoms with Crippen molar-refractivity contribution in [3.05, 3.63) is 83.7 Å². The summed E-state index contributed by atoms with van der Waals surface area (Å²) in [5, 5.41) is 5.96. The summed E-state index contributed by atoms with van der Waals surface area (Å²) in [7, 11) is 3.35. The maximum atomic E-state index is 13.3. The van der Waals surface area contributed by atoms with Crippen LogP contribution in [0.5, 0.6) is 17.4 Å². The molecule has 8 heteroatoms. The molecule has 0 aliphatic carbocycles. The lowest BCUT2D eigenvalue weighted by Crippen LogP contribution is -2.17. The van der Waals surface area contributed by atoms with Crippen LogP contribution in [0.4, 0.5) is 11.6 Å². The van der Waals surface area contributed by atoms with Crippen LogP contribution in [0.2, 0.25) is 0 Å². The van der Waals surface area contributed by atoms with E-state index >= 15 is 0 Å². The van der Waals surface area contributed by atoms with Crippen LogP contribution in [-0.4, -0.2) is 35.0 Å². The van der Waals surface area contributed by atoms with Crippen LogP contribution in [0.15, 0.2) is 67.0 Å². The van der Waals surface area contributed by atoms with Gasteiger partial charge in [-0.25, -0.2) is 15.0 Å². The van der Waals surface area contributed by atoms with Gasteiger partial charge in [-0.3, -0.25) is 4.79 Å². The molecule has 0 saturated heterocycles. The largest absolute Gasteiger partial charge is 0.495 e. The molecule has 4 rings (SSSR count). The van der Waals surface area contributed by atoms with Crippen LogP contribution >= 0.6 is 0 Å². The van der Waals surface area contributed by atoms with E-state index in [9.17, 15) is 4.79 Å². The van der Waals surface area contributed by atoms with Crippen molar-refractivity contribution in [2.24, 2.45) is 0 Å². The molecular formula is C30H33N5O3. The Balaban J connectivity index is 1.63. The van der Waals surface area contributed by atoms with Crippen LogP contribution < -0.4 is 20.1 Å². The average molecular weight is 512 g/mol. The molecule has 1 amide bonds. The van der Waals surface area contributed by atoms with Gasteiger partial charge in [0.2, 0.25) is 11.8 Å². The number of nitrogens with zero attached hydrogens (tertiary/aromatic N) is 3. The van der Waals surface area contributed by atoms with Gasteiger partial charge in [-0.15, -0.1) is 0 Å². The Labute approximate surface area is 223 Å². The molecule has 2 N–H and O–H groups in total. The Morgan fingerprint density at radius 3 is 2.55 bits per heavy atom. The summed E-state index contributed by atoms with van der Waals surface area (Å²) in [6, 6.07) is 16.7. The maximum absolute atomic E-state index is 13.3. The van der Waals surface area contributed by atoms with Crippen molar-refractivity contribution < 1.29 is 14.3 Å². The second kappa shape index (κ2) is 11.3. The van der Waals surface area contributed by atoms with Crippen LogP contribution in [0, 0.1) is 6.92 Å². The van der Waals surface area contributed by atoms with E-state index in [4.69, 9.17) is 9.47 Å². The van der Waals surface area contributed by atoms with E-state index in [0.29, 0.717) is 45.8 Å². The molecule has 0 bridgehead atoms. The number of pyridine rings is 1. The zero-order valence-electron chi connectivity index (χ0n) is 22.6. The number of ether oxygens (including phenoxy) is 2. The van der Waals surface area contributed by atoms with Crippen LogP contribution in [0.3, 0.4) is 0 Å². The van der Waals surface area contributed by atoms with Gasteiger partial charge in [-0.2, -0.15) is 0 Å². The Kier molecular flexibility index (Phi) is 7.90. The minimum atomic E-state index is -0.268. The van der Waals surface area contributed by atoms with E-state index in [0.717, 1.165) is 17.5 Å². The normalized spacial score (nSPS) is 11.1. The van der Waals surface area contributed by atoms with Gasteiger partial charge < -0.3 is 20.1 Å². The molecule has 4 aromatic rings. The smallest absolute Gasteiger partial charge is 0.255 e. The molecule has 2 heterocycles. The molecule has 0 saturated carbocycles. The molecule has 8 nitrogen and oxygen atoms in total. The third-order valence-corrected chi connectivity index (χ3v) is 6.70. The molecule has 2 aromatic carbocycles. The molecule has 0 aliphatic heterocycles. The average Bonchev–Trinajstić information content (AvgIpc) is 2.94. The van der Waals surface area contributed by atoms with E-state index in [-0.39, 0.29) is 11.3 Å². The number of nitrogens with one attached hydrogen (secondary N) is 2. The van der Waals surface area contributed by atoms with Crippen molar-refractivity contribution in [3.8, 4) is 28.6 Å². The lowest BCUT2D eigenvalue weighted by molar-refractivity contribution is 0.102. The van der Waals surface area contributed by atoms with E-state index in [1.165, 1.54) is 0 Å². The van der Waals surface area contributed by atoms with Crippen LogP contribution in [0.1, 0.15) is 48.7 Å². The highest BCUT2D eigenvalue weighted by molar-refractivity contribution is 6.05. The number of hydrogen-bond donors (Lipinski definition) is 2. The first kappa shape index (κ1) is 26.6. The van der Waals surface area contributed by atoms with E-state index in [1.807, 2.05) is 43.3 Å². The van der Waals surface area contributed by atoms with Gasteiger partial charge in [0.15, 0.2) is 0 Å². The number of methoxy groups -OCH3 is 1. The Bertz CT molecular complexity index is 1450. The summed E-state index contributed by atoms with van der Waals surface area (Å²) in [6.07, 6.45) is 4.29.